The zero-order valence-electron chi connectivity index (χ0n) is 18.7. The summed E-state index contributed by atoms with van der Waals surface area (Å²) in [6.45, 7) is 1.78. The molecule has 3 aromatic heterocycles. The van der Waals surface area contributed by atoms with Gasteiger partial charge in [0.05, 0.1) is 16.9 Å². The number of amides is 2. The maximum absolute atomic E-state index is 13.2. The Hall–Kier alpha value is -4.53. The van der Waals surface area contributed by atoms with E-state index in [9.17, 15) is 9.59 Å². The van der Waals surface area contributed by atoms with Gasteiger partial charge >= 0.3 is 0 Å². The number of fused-ring (bicyclic) bond motifs is 2. The number of aromatic nitrogens is 5. The summed E-state index contributed by atoms with van der Waals surface area (Å²) >= 11 is 0. The number of hydrogen-bond donors (Lipinski definition) is 3. The molecule has 9 nitrogen and oxygen atoms in total. The smallest absolute Gasteiger partial charge is 0.274 e. The molecule has 5 aromatic rings. The van der Waals surface area contributed by atoms with Crippen LogP contribution < -0.4 is 10.6 Å². The van der Waals surface area contributed by atoms with Gasteiger partial charge < -0.3 is 15.6 Å². The van der Waals surface area contributed by atoms with Crippen LogP contribution in [0.4, 0.5) is 0 Å². The number of nitrogens with zero attached hydrogens (tertiary/aromatic N) is 4. The molecule has 3 N–H and O–H groups in total. The molecule has 0 unspecified atom stereocenters. The molecule has 0 saturated heterocycles. The van der Waals surface area contributed by atoms with Crippen molar-refractivity contribution in [3.8, 4) is 5.69 Å². The molecule has 3 heterocycles. The Morgan fingerprint density at radius 3 is 2.74 bits per heavy atom. The van der Waals surface area contributed by atoms with Crippen molar-refractivity contribution in [3.63, 3.8) is 0 Å². The van der Waals surface area contributed by atoms with E-state index in [0.717, 1.165) is 33.1 Å². The predicted octanol–water partition coefficient (Wildman–Crippen LogP) is 2.69. The van der Waals surface area contributed by atoms with Crippen LogP contribution in [-0.4, -0.2) is 49.9 Å². The van der Waals surface area contributed by atoms with Gasteiger partial charge in [0.25, 0.3) is 5.91 Å². The Bertz CT molecular complexity index is 1510. The molecule has 0 aliphatic heterocycles. The molecule has 2 amide bonds. The van der Waals surface area contributed by atoms with E-state index < -0.39 is 11.9 Å². The molecule has 5 rings (SSSR count). The molecule has 170 valence electrons. The van der Waals surface area contributed by atoms with E-state index >= 15 is 0 Å². The minimum atomic E-state index is -0.775. The van der Waals surface area contributed by atoms with E-state index in [2.05, 4.69) is 30.9 Å². The fraction of sp³-hybridized carbons (Fsp3) is 0.160. The van der Waals surface area contributed by atoms with Crippen molar-refractivity contribution in [2.24, 2.45) is 0 Å². The fourth-order valence-corrected chi connectivity index (χ4v) is 4.17. The molecule has 0 fully saturated rings. The van der Waals surface area contributed by atoms with Gasteiger partial charge in [-0.25, -0.2) is 4.68 Å². The van der Waals surface area contributed by atoms with E-state index in [1.54, 1.807) is 24.9 Å². The highest BCUT2D eigenvalue weighted by atomic mass is 16.2. The van der Waals surface area contributed by atoms with Gasteiger partial charge in [-0.3, -0.25) is 14.6 Å². The highest BCUT2D eigenvalue weighted by molar-refractivity contribution is 5.97. The van der Waals surface area contributed by atoms with E-state index in [1.165, 1.54) is 0 Å². The average molecular weight is 454 g/mol. The normalized spacial score (nSPS) is 12.1. The number of rotatable bonds is 6. The quantitative estimate of drug-likeness (QED) is 0.365. The van der Waals surface area contributed by atoms with E-state index in [1.807, 2.05) is 60.8 Å². The summed E-state index contributed by atoms with van der Waals surface area (Å²) in [7, 11) is 1.55. The van der Waals surface area contributed by atoms with Crippen molar-refractivity contribution in [2.75, 3.05) is 7.05 Å². The first-order chi connectivity index (χ1) is 16.6. The lowest BCUT2D eigenvalue weighted by Gasteiger charge is -2.16. The van der Waals surface area contributed by atoms with Crippen LogP contribution in [0.25, 0.3) is 27.5 Å². The molecule has 2 aromatic carbocycles. The van der Waals surface area contributed by atoms with Gasteiger partial charge in [0.2, 0.25) is 5.91 Å². The monoisotopic (exact) mass is 453 g/mol. The number of pyridine rings is 1. The molecule has 0 saturated carbocycles. The number of H-pyrrole nitrogens is 1. The van der Waals surface area contributed by atoms with Gasteiger partial charge in [0.1, 0.15) is 6.04 Å². The first kappa shape index (κ1) is 21.3. The third-order valence-corrected chi connectivity index (χ3v) is 5.93. The molecule has 0 aliphatic rings. The molecule has 9 heteroatoms. The van der Waals surface area contributed by atoms with Crippen molar-refractivity contribution >= 4 is 33.6 Å². The third kappa shape index (κ3) is 3.77. The summed E-state index contributed by atoms with van der Waals surface area (Å²) in [5.74, 6) is -0.751. The highest BCUT2D eigenvalue weighted by Gasteiger charge is 2.25. The number of aromatic amines is 1. The zero-order chi connectivity index (χ0) is 23.7. The Kier molecular flexibility index (Phi) is 5.51. The average Bonchev–Trinajstić information content (AvgIpc) is 3.46. The fourth-order valence-electron chi connectivity index (χ4n) is 4.17. The van der Waals surface area contributed by atoms with E-state index in [-0.39, 0.29) is 11.6 Å². The molecule has 1 atom stereocenters. The minimum absolute atomic E-state index is 0.161. The van der Waals surface area contributed by atoms with Crippen LogP contribution in [0, 0.1) is 6.92 Å². The van der Waals surface area contributed by atoms with Crippen LogP contribution in [0.15, 0.2) is 67.0 Å². The zero-order valence-corrected chi connectivity index (χ0v) is 18.7. The molecule has 0 radical (unpaired) electrons. The first-order valence-corrected chi connectivity index (χ1v) is 10.9. The standard InChI is InChI=1S/C25H23N7O2/c1-15-23(30-31-32(15)22-11-5-10-20-18(22)8-6-12-27-20)25(34)29-21(24(33)26-2)13-16-14-28-19-9-4-3-7-17(16)19/h3-12,14,21,28H,13H2,1-2H3,(H,26,33)(H,29,34)/t21-/m0/s1. The predicted molar refractivity (Wildman–Crippen MR) is 129 cm³/mol. The number of carbonyl (C=O) groups excluding carboxylic acids is 2. The lowest BCUT2D eigenvalue weighted by atomic mass is 10.0. The summed E-state index contributed by atoms with van der Waals surface area (Å²) in [5.41, 5.74) is 4.23. The number of likely N-dealkylation sites (N-methyl/N-ethyl adjacent to an activating group) is 1. The Morgan fingerprint density at radius 2 is 1.88 bits per heavy atom. The maximum atomic E-state index is 13.2. The third-order valence-electron chi connectivity index (χ3n) is 5.93. The van der Waals surface area contributed by atoms with Crippen molar-refractivity contribution in [3.05, 3.63) is 83.9 Å². The topological polar surface area (TPSA) is 118 Å². The van der Waals surface area contributed by atoms with Crippen LogP contribution >= 0.6 is 0 Å². The molecule has 0 aliphatic carbocycles. The summed E-state index contributed by atoms with van der Waals surface area (Å²) in [4.78, 5) is 33.4. The van der Waals surface area contributed by atoms with Gasteiger partial charge in [-0.1, -0.05) is 29.5 Å². The van der Waals surface area contributed by atoms with Gasteiger partial charge in [0, 0.05) is 42.2 Å². The van der Waals surface area contributed by atoms with Crippen molar-refractivity contribution in [1.82, 2.24) is 35.6 Å². The maximum Gasteiger partial charge on any atom is 0.274 e. The molecule has 0 spiro atoms. The second-order valence-electron chi connectivity index (χ2n) is 7.99. The molecule has 34 heavy (non-hydrogen) atoms. The lowest BCUT2D eigenvalue weighted by molar-refractivity contribution is -0.122. The number of carbonyl (C=O) groups is 2. The van der Waals surface area contributed by atoms with Crippen molar-refractivity contribution < 1.29 is 9.59 Å². The van der Waals surface area contributed by atoms with Crippen LogP contribution in [0.3, 0.4) is 0 Å². The Balaban J connectivity index is 1.43. The molecular weight excluding hydrogens is 430 g/mol. The second-order valence-corrected chi connectivity index (χ2v) is 7.99. The minimum Gasteiger partial charge on any atom is -0.361 e. The first-order valence-electron chi connectivity index (χ1n) is 10.9. The van der Waals surface area contributed by atoms with Gasteiger partial charge in [-0.05, 0) is 42.8 Å². The molecular formula is C25H23N7O2. The SMILES string of the molecule is CNC(=O)[C@H](Cc1c[nH]c2ccccc12)NC(=O)c1nnn(-c2cccc3ncccc23)c1C. The van der Waals surface area contributed by atoms with Crippen molar-refractivity contribution in [1.29, 1.82) is 0 Å². The van der Waals surface area contributed by atoms with Crippen LogP contribution in [0.1, 0.15) is 21.7 Å². The van der Waals surface area contributed by atoms with E-state index in [4.69, 9.17) is 0 Å². The molecule has 0 bridgehead atoms. The highest BCUT2D eigenvalue weighted by Crippen LogP contribution is 2.22. The van der Waals surface area contributed by atoms with Gasteiger partial charge in [0.15, 0.2) is 5.69 Å². The van der Waals surface area contributed by atoms with E-state index in [0.29, 0.717) is 12.1 Å². The number of nitrogens with one attached hydrogen (secondary N) is 3. The Morgan fingerprint density at radius 1 is 1.06 bits per heavy atom. The van der Waals surface area contributed by atoms with Crippen LogP contribution in [-0.2, 0) is 11.2 Å². The van der Waals surface area contributed by atoms with Crippen molar-refractivity contribution in [2.45, 2.75) is 19.4 Å². The Labute approximate surface area is 195 Å². The van der Waals surface area contributed by atoms with Crippen LogP contribution in [0.2, 0.25) is 0 Å². The second kappa shape index (κ2) is 8.78. The number of para-hydroxylation sites is 1. The summed E-state index contributed by atoms with van der Waals surface area (Å²) in [6.07, 6.45) is 3.92. The largest absolute Gasteiger partial charge is 0.361 e. The summed E-state index contributed by atoms with van der Waals surface area (Å²) in [6, 6.07) is 16.6. The number of hydrogen-bond acceptors (Lipinski definition) is 5. The van der Waals surface area contributed by atoms with Gasteiger partial charge in [-0.2, -0.15) is 0 Å². The summed E-state index contributed by atoms with van der Waals surface area (Å²) < 4.78 is 1.62. The summed E-state index contributed by atoms with van der Waals surface area (Å²) in [5, 5.41) is 15.7. The number of benzene rings is 2. The van der Waals surface area contributed by atoms with Crippen LogP contribution in [0.5, 0.6) is 0 Å². The van der Waals surface area contributed by atoms with Gasteiger partial charge in [-0.15, -0.1) is 5.10 Å². The lowest BCUT2D eigenvalue weighted by Crippen LogP contribution is -2.47.